The van der Waals surface area contributed by atoms with Gasteiger partial charge in [-0.1, -0.05) is 6.07 Å². The molecule has 4 heteroatoms. The maximum absolute atomic E-state index is 4.35. The highest BCUT2D eigenvalue weighted by atomic mass is 15.2. The monoisotopic (exact) mass is 222 g/mol. The Morgan fingerprint density at radius 3 is 2.31 bits per heavy atom. The summed E-state index contributed by atoms with van der Waals surface area (Å²) in [6.07, 6.45) is 1.85. The molecule has 4 nitrogen and oxygen atoms in total. The number of nitrogens with zero attached hydrogens (tertiary/aromatic N) is 2. The molecule has 0 unspecified atom stereocenters. The van der Waals surface area contributed by atoms with Crippen LogP contribution in [0, 0.1) is 0 Å². The van der Waals surface area contributed by atoms with Gasteiger partial charge in [0.1, 0.15) is 0 Å². The molecular weight excluding hydrogens is 200 g/mol. The van der Waals surface area contributed by atoms with E-state index in [9.17, 15) is 0 Å². The Morgan fingerprint density at radius 2 is 1.81 bits per heavy atom. The van der Waals surface area contributed by atoms with Crippen molar-refractivity contribution >= 4 is 0 Å². The molecule has 1 aromatic heterocycles. The third-order valence-corrected chi connectivity index (χ3v) is 2.47. The maximum Gasteiger partial charge on any atom is 0.0543 e. The molecule has 0 bridgehead atoms. The van der Waals surface area contributed by atoms with Crippen molar-refractivity contribution in [3.63, 3.8) is 0 Å². The number of likely N-dealkylation sites (N-methyl/N-ethyl adjacent to an activating group) is 2. The fourth-order valence-corrected chi connectivity index (χ4v) is 1.53. The van der Waals surface area contributed by atoms with E-state index in [0.717, 1.165) is 38.4 Å². The number of nitrogens with one attached hydrogen (secondary N) is 2. The smallest absolute Gasteiger partial charge is 0.0543 e. The highest BCUT2D eigenvalue weighted by Crippen LogP contribution is 1.99. The molecule has 0 radical (unpaired) electrons. The van der Waals surface area contributed by atoms with E-state index in [4.69, 9.17) is 0 Å². The molecule has 0 aliphatic heterocycles. The van der Waals surface area contributed by atoms with Crippen molar-refractivity contribution in [3.05, 3.63) is 30.1 Å². The largest absolute Gasteiger partial charge is 0.318 e. The van der Waals surface area contributed by atoms with Gasteiger partial charge in [-0.3, -0.25) is 9.88 Å². The summed E-state index contributed by atoms with van der Waals surface area (Å²) in [7, 11) is 3.97. The van der Waals surface area contributed by atoms with Crippen LogP contribution in [0.5, 0.6) is 0 Å². The lowest BCUT2D eigenvalue weighted by molar-refractivity contribution is 0.266. The van der Waals surface area contributed by atoms with Crippen LogP contribution in [-0.4, -0.2) is 50.2 Å². The topological polar surface area (TPSA) is 40.2 Å². The first-order chi connectivity index (χ1) is 7.86. The Bertz CT molecular complexity index is 255. The van der Waals surface area contributed by atoms with Gasteiger partial charge < -0.3 is 10.6 Å². The van der Waals surface area contributed by atoms with Crippen LogP contribution >= 0.6 is 0 Å². The molecule has 0 saturated carbocycles. The Morgan fingerprint density at radius 1 is 1.12 bits per heavy atom. The van der Waals surface area contributed by atoms with E-state index in [2.05, 4.69) is 26.6 Å². The molecule has 0 spiro atoms. The van der Waals surface area contributed by atoms with Crippen molar-refractivity contribution < 1.29 is 0 Å². The molecule has 1 heterocycles. The minimum Gasteiger partial charge on any atom is -0.318 e. The Labute approximate surface area is 98.1 Å². The van der Waals surface area contributed by atoms with E-state index >= 15 is 0 Å². The average molecular weight is 222 g/mol. The molecule has 2 N–H and O–H groups in total. The highest BCUT2D eigenvalue weighted by molar-refractivity contribution is 5.03. The molecule has 1 aromatic rings. The Kier molecular flexibility index (Phi) is 6.72. The first kappa shape index (κ1) is 13.1. The summed E-state index contributed by atoms with van der Waals surface area (Å²) in [4.78, 5) is 6.75. The first-order valence-corrected chi connectivity index (χ1v) is 5.78. The average Bonchev–Trinajstić information content (AvgIpc) is 2.34. The molecule has 1 rings (SSSR count). The van der Waals surface area contributed by atoms with E-state index in [1.54, 1.807) is 0 Å². The predicted octanol–water partition coefficient (Wildman–Crippen LogP) is 0.322. The predicted molar refractivity (Wildman–Crippen MR) is 67.4 cm³/mol. The van der Waals surface area contributed by atoms with Crippen molar-refractivity contribution in [3.8, 4) is 0 Å². The molecular formula is C12H22N4. The van der Waals surface area contributed by atoms with Gasteiger partial charge in [-0.15, -0.1) is 0 Å². The number of hydrogen-bond donors (Lipinski definition) is 2. The van der Waals surface area contributed by atoms with Gasteiger partial charge in [-0.2, -0.15) is 0 Å². The summed E-state index contributed by atoms with van der Waals surface area (Å²) in [6.45, 7) is 5.04. The zero-order chi connectivity index (χ0) is 11.6. The maximum atomic E-state index is 4.35. The second kappa shape index (κ2) is 8.21. The molecule has 0 saturated heterocycles. The Balaban J connectivity index is 2.42. The molecule has 90 valence electrons. The summed E-state index contributed by atoms with van der Waals surface area (Å²) < 4.78 is 0. The van der Waals surface area contributed by atoms with Crippen LogP contribution in [0.1, 0.15) is 5.69 Å². The fourth-order valence-electron chi connectivity index (χ4n) is 1.53. The second-order valence-electron chi connectivity index (χ2n) is 3.80. The van der Waals surface area contributed by atoms with Gasteiger partial charge in [0, 0.05) is 38.9 Å². The number of pyridine rings is 1. The van der Waals surface area contributed by atoms with E-state index in [1.807, 2.05) is 32.4 Å². The van der Waals surface area contributed by atoms with Crippen LogP contribution in [0.2, 0.25) is 0 Å². The van der Waals surface area contributed by atoms with Crippen molar-refractivity contribution in [2.75, 3.05) is 40.3 Å². The van der Waals surface area contributed by atoms with Gasteiger partial charge in [-0.25, -0.2) is 0 Å². The quantitative estimate of drug-likeness (QED) is 0.665. The fraction of sp³-hybridized carbons (Fsp3) is 0.583. The molecule has 0 aliphatic carbocycles. The van der Waals surface area contributed by atoms with Crippen LogP contribution in [0.3, 0.4) is 0 Å². The summed E-state index contributed by atoms with van der Waals surface area (Å²) in [5.74, 6) is 0. The summed E-state index contributed by atoms with van der Waals surface area (Å²) in [5.41, 5.74) is 1.13. The standard InChI is InChI=1S/C12H22N4/c1-13-7-9-16(10-8-14-2)11-12-5-3-4-6-15-12/h3-6,13-14H,7-11H2,1-2H3. The van der Waals surface area contributed by atoms with Crippen LogP contribution in [0.15, 0.2) is 24.4 Å². The molecule has 0 aromatic carbocycles. The van der Waals surface area contributed by atoms with Crippen molar-refractivity contribution in [1.82, 2.24) is 20.5 Å². The number of aromatic nitrogens is 1. The van der Waals surface area contributed by atoms with E-state index in [0.29, 0.717) is 0 Å². The van der Waals surface area contributed by atoms with Crippen LogP contribution < -0.4 is 10.6 Å². The van der Waals surface area contributed by atoms with Crippen molar-refractivity contribution in [1.29, 1.82) is 0 Å². The van der Waals surface area contributed by atoms with E-state index < -0.39 is 0 Å². The molecule has 16 heavy (non-hydrogen) atoms. The highest BCUT2D eigenvalue weighted by Gasteiger charge is 2.05. The molecule has 0 atom stereocenters. The zero-order valence-electron chi connectivity index (χ0n) is 10.2. The second-order valence-corrected chi connectivity index (χ2v) is 3.80. The lowest BCUT2D eigenvalue weighted by Gasteiger charge is -2.21. The zero-order valence-corrected chi connectivity index (χ0v) is 10.2. The lowest BCUT2D eigenvalue weighted by Crippen LogP contribution is -2.35. The first-order valence-electron chi connectivity index (χ1n) is 5.78. The van der Waals surface area contributed by atoms with E-state index in [1.165, 1.54) is 0 Å². The summed E-state index contributed by atoms with van der Waals surface area (Å²) in [6, 6.07) is 6.07. The third kappa shape index (κ3) is 5.21. The van der Waals surface area contributed by atoms with Gasteiger partial charge in [-0.05, 0) is 26.2 Å². The van der Waals surface area contributed by atoms with Gasteiger partial charge >= 0.3 is 0 Å². The van der Waals surface area contributed by atoms with Crippen LogP contribution in [0.25, 0.3) is 0 Å². The summed E-state index contributed by atoms with van der Waals surface area (Å²) >= 11 is 0. The van der Waals surface area contributed by atoms with Gasteiger partial charge in [0.25, 0.3) is 0 Å². The van der Waals surface area contributed by atoms with E-state index in [-0.39, 0.29) is 0 Å². The normalized spacial score (nSPS) is 10.9. The Hall–Kier alpha value is -0.970. The van der Waals surface area contributed by atoms with Gasteiger partial charge in [0.15, 0.2) is 0 Å². The minimum atomic E-state index is 0.921. The molecule has 0 aliphatic rings. The molecule has 0 amide bonds. The third-order valence-electron chi connectivity index (χ3n) is 2.47. The SMILES string of the molecule is CNCCN(CCNC)Cc1ccccn1. The van der Waals surface area contributed by atoms with Gasteiger partial charge in [0.2, 0.25) is 0 Å². The van der Waals surface area contributed by atoms with Crippen LogP contribution in [-0.2, 0) is 6.54 Å². The van der Waals surface area contributed by atoms with Crippen molar-refractivity contribution in [2.24, 2.45) is 0 Å². The molecule has 0 fully saturated rings. The minimum absolute atomic E-state index is 0.921. The lowest BCUT2D eigenvalue weighted by atomic mass is 10.3. The van der Waals surface area contributed by atoms with Gasteiger partial charge in [0.05, 0.1) is 5.69 Å². The van der Waals surface area contributed by atoms with Crippen LogP contribution in [0.4, 0.5) is 0 Å². The summed E-state index contributed by atoms with van der Waals surface area (Å²) in [5, 5.41) is 6.36. The number of hydrogen-bond acceptors (Lipinski definition) is 4. The van der Waals surface area contributed by atoms with Crippen molar-refractivity contribution in [2.45, 2.75) is 6.54 Å². The number of rotatable bonds is 8.